The van der Waals surface area contributed by atoms with Crippen LogP contribution in [0.3, 0.4) is 0 Å². The van der Waals surface area contributed by atoms with Gasteiger partial charge in [0.2, 0.25) is 0 Å². The van der Waals surface area contributed by atoms with Crippen LogP contribution in [0.15, 0.2) is 40.9 Å². The Balaban J connectivity index is 2.07. The van der Waals surface area contributed by atoms with Gasteiger partial charge in [0.05, 0.1) is 6.61 Å². The van der Waals surface area contributed by atoms with Gasteiger partial charge < -0.3 is 15.2 Å². The van der Waals surface area contributed by atoms with Crippen LogP contribution in [0.2, 0.25) is 0 Å². The minimum atomic E-state index is -0.407. The molecule has 2 aromatic carbocycles. The maximum Gasteiger partial charge on any atom is 0.167 e. The van der Waals surface area contributed by atoms with Crippen LogP contribution in [0.25, 0.3) is 0 Å². The van der Waals surface area contributed by atoms with E-state index in [2.05, 4.69) is 21.2 Å². The molecule has 0 saturated heterocycles. The Morgan fingerprint density at radius 1 is 1.25 bits per heavy atom. The van der Waals surface area contributed by atoms with Crippen LogP contribution in [-0.4, -0.2) is 11.7 Å². The van der Waals surface area contributed by atoms with Gasteiger partial charge in [-0.25, -0.2) is 4.39 Å². The molecule has 0 radical (unpaired) electrons. The van der Waals surface area contributed by atoms with Gasteiger partial charge in [-0.15, -0.1) is 0 Å². The topological polar surface area (TPSA) is 41.5 Å². The summed E-state index contributed by atoms with van der Waals surface area (Å²) in [6.45, 7) is 2.63. The van der Waals surface area contributed by atoms with Gasteiger partial charge in [0.1, 0.15) is 5.75 Å². The molecule has 2 aromatic rings. The summed E-state index contributed by atoms with van der Waals surface area (Å²) in [5, 5.41) is 12.8. The lowest BCUT2D eigenvalue weighted by Crippen LogP contribution is -2.01. The predicted molar refractivity (Wildman–Crippen MR) is 80.7 cm³/mol. The van der Waals surface area contributed by atoms with E-state index in [9.17, 15) is 9.50 Å². The number of rotatable bonds is 5. The van der Waals surface area contributed by atoms with E-state index in [0.717, 1.165) is 10.0 Å². The molecule has 20 heavy (non-hydrogen) atoms. The van der Waals surface area contributed by atoms with Crippen molar-refractivity contribution in [3.63, 3.8) is 0 Å². The normalized spacial score (nSPS) is 10.3. The molecule has 5 heteroatoms. The van der Waals surface area contributed by atoms with E-state index >= 15 is 0 Å². The van der Waals surface area contributed by atoms with E-state index in [1.165, 1.54) is 6.07 Å². The second kappa shape index (κ2) is 6.61. The summed E-state index contributed by atoms with van der Waals surface area (Å²) in [6.07, 6.45) is 0. The van der Waals surface area contributed by atoms with Crippen LogP contribution in [0.4, 0.5) is 10.1 Å². The average Bonchev–Trinajstić information content (AvgIpc) is 2.43. The molecule has 0 amide bonds. The Morgan fingerprint density at radius 3 is 2.75 bits per heavy atom. The summed E-state index contributed by atoms with van der Waals surface area (Å²) in [4.78, 5) is 0. The minimum absolute atomic E-state index is 0.201. The smallest absolute Gasteiger partial charge is 0.167 e. The van der Waals surface area contributed by atoms with Crippen molar-refractivity contribution in [2.45, 2.75) is 13.5 Å². The number of phenolic OH excluding ortho intramolecular Hbond substituents is 1. The number of halogens is 2. The molecular formula is C15H15BrFNO2. The first-order valence-corrected chi connectivity index (χ1v) is 7.03. The van der Waals surface area contributed by atoms with E-state index in [1.807, 2.05) is 13.0 Å². The molecule has 0 unspecified atom stereocenters. The maximum absolute atomic E-state index is 13.7. The Labute approximate surface area is 125 Å². The molecule has 2 N–H and O–H groups in total. The van der Waals surface area contributed by atoms with Gasteiger partial charge in [-0.1, -0.05) is 15.9 Å². The van der Waals surface area contributed by atoms with Gasteiger partial charge in [-0.3, -0.25) is 0 Å². The number of benzene rings is 2. The Kier molecular flexibility index (Phi) is 4.84. The number of phenols is 1. The molecule has 0 fully saturated rings. The van der Waals surface area contributed by atoms with Crippen LogP contribution in [0, 0.1) is 5.82 Å². The van der Waals surface area contributed by atoms with Gasteiger partial charge in [-0.2, -0.15) is 0 Å². The zero-order valence-electron chi connectivity index (χ0n) is 11.0. The molecule has 0 saturated carbocycles. The van der Waals surface area contributed by atoms with Crippen molar-refractivity contribution in [1.29, 1.82) is 0 Å². The Bertz CT molecular complexity index is 604. The Morgan fingerprint density at radius 2 is 2.05 bits per heavy atom. The van der Waals surface area contributed by atoms with Crippen molar-refractivity contribution in [3.05, 3.63) is 52.3 Å². The molecule has 0 spiro atoms. The highest BCUT2D eigenvalue weighted by atomic mass is 79.9. The molecular weight excluding hydrogens is 325 g/mol. The van der Waals surface area contributed by atoms with E-state index in [1.54, 1.807) is 24.3 Å². The fraction of sp³-hybridized carbons (Fsp3) is 0.200. The number of hydrogen-bond acceptors (Lipinski definition) is 3. The molecule has 0 aliphatic carbocycles. The van der Waals surface area contributed by atoms with E-state index in [-0.39, 0.29) is 11.5 Å². The Hall–Kier alpha value is -1.75. The zero-order valence-corrected chi connectivity index (χ0v) is 12.6. The number of aromatic hydroxyl groups is 1. The highest BCUT2D eigenvalue weighted by Gasteiger charge is 2.06. The van der Waals surface area contributed by atoms with E-state index in [0.29, 0.717) is 18.8 Å². The van der Waals surface area contributed by atoms with Crippen molar-refractivity contribution in [2.24, 2.45) is 0 Å². The van der Waals surface area contributed by atoms with Crippen molar-refractivity contribution < 1.29 is 14.2 Å². The van der Waals surface area contributed by atoms with E-state index in [4.69, 9.17) is 4.74 Å². The second-order valence-corrected chi connectivity index (χ2v) is 5.12. The minimum Gasteiger partial charge on any atom is -0.508 e. The van der Waals surface area contributed by atoms with Gasteiger partial charge in [0, 0.05) is 28.3 Å². The first kappa shape index (κ1) is 14.7. The highest BCUT2D eigenvalue weighted by Crippen LogP contribution is 2.25. The van der Waals surface area contributed by atoms with Crippen LogP contribution in [-0.2, 0) is 6.54 Å². The van der Waals surface area contributed by atoms with Crippen LogP contribution < -0.4 is 10.1 Å². The van der Waals surface area contributed by atoms with Crippen molar-refractivity contribution in [3.8, 4) is 11.5 Å². The molecule has 0 aliphatic rings. The van der Waals surface area contributed by atoms with Crippen molar-refractivity contribution in [1.82, 2.24) is 0 Å². The fourth-order valence-corrected chi connectivity index (χ4v) is 2.18. The zero-order chi connectivity index (χ0) is 14.5. The van der Waals surface area contributed by atoms with Gasteiger partial charge in [-0.05, 0) is 37.3 Å². The van der Waals surface area contributed by atoms with Crippen molar-refractivity contribution in [2.75, 3.05) is 11.9 Å². The third kappa shape index (κ3) is 3.63. The molecule has 0 bridgehead atoms. The summed E-state index contributed by atoms with van der Waals surface area (Å²) in [7, 11) is 0. The maximum atomic E-state index is 13.7. The molecule has 106 valence electrons. The van der Waals surface area contributed by atoms with Gasteiger partial charge in [0.25, 0.3) is 0 Å². The quantitative estimate of drug-likeness (QED) is 0.853. The first-order chi connectivity index (χ1) is 9.60. The number of nitrogens with one attached hydrogen (secondary N) is 1. The largest absolute Gasteiger partial charge is 0.508 e. The number of anilines is 1. The fourth-order valence-electron chi connectivity index (χ4n) is 1.78. The van der Waals surface area contributed by atoms with Gasteiger partial charge >= 0.3 is 0 Å². The SMILES string of the molecule is CCOc1ccc(NCc2cc(Br)ccc2O)cc1F. The van der Waals surface area contributed by atoms with Gasteiger partial charge in [0.15, 0.2) is 11.6 Å². The third-order valence-corrected chi connectivity index (χ3v) is 3.25. The lowest BCUT2D eigenvalue weighted by molar-refractivity contribution is 0.321. The summed E-state index contributed by atoms with van der Waals surface area (Å²) in [6, 6.07) is 9.88. The third-order valence-electron chi connectivity index (χ3n) is 2.76. The standard InChI is InChI=1S/C15H15BrFNO2/c1-2-20-15-6-4-12(8-13(15)17)18-9-10-7-11(16)3-5-14(10)19/h3-8,18-19H,2,9H2,1H3. The van der Waals surface area contributed by atoms with Crippen LogP contribution >= 0.6 is 15.9 Å². The van der Waals surface area contributed by atoms with Crippen LogP contribution in [0.5, 0.6) is 11.5 Å². The molecule has 0 aliphatic heterocycles. The second-order valence-electron chi connectivity index (χ2n) is 4.20. The molecule has 0 heterocycles. The summed E-state index contributed by atoms with van der Waals surface area (Å²) in [5.74, 6) is 0.0331. The molecule has 0 atom stereocenters. The average molecular weight is 340 g/mol. The van der Waals surface area contributed by atoms with Crippen molar-refractivity contribution >= 4 is 21.6 Å². The number of hydrogen-bond donors (Lipinski definition) is 2. The highest BCUT2D eigenvalue weighted by molar-refractivity contribution is 9.10. The van der Waals surface area contributed by atoms with Crippen LogP contribution in [0.1, 0.15) is 12.5 Å². The summed E-state index contributed by atoms with van der Waals surface area (Å²) >= 11 is 3.35. The summed E-state index contributed by atoms with van der Waals surface area (Å²) in [5.41, 5.74) is 1.36. The lowest BCUT2D eigenvalue weighted by atomic mass is 10.2. The summed E-state index contributed by atoms with van der Waals surface area (Å²) < 4.78 is 19.7. The first-order valence-electron chi connectivity index (χ1n) is 6.23. The predicted octanol–water partition coefficient (Wildman–Crippen LogP) is 4.30. The lowest BCUT2D eigenvalue weighted by Gasteiger charge is -2.10. The monoisotopic (exact) mass is 339 g/mol. The number of ether oxygens (including phenoxy) is 1. The molecule has 2 rings (SSSR count). The van der Waals surface area contributed by atoms with E-state index < -0.39 is 5.82 Å². The molecule has 3 nitrogen and oxygen atoms in total. The molecule has 0 aromatic heterocycles.